The zero-order valence-corrected chi connectivity index (χ0v) is 19.6. The van der Waals surface area contributed by atoms with E-state index in [-0.39, 0.29) is 5.92 Å². The maximum atomic E-state index is 12.8. The zero-order chi connectivity index (χ0) is 25.2. The lowest BCUT2D eigenvalue weighted by Crippen LogP contribution is -2.22. The van der Waals surface area contributed by atoms with Crippen molar-refractivity contribution < 1.29 is 26.3 Å². The fraction of sp³-hybridized carbons (Fsp3) is 0.435. The molecule has 35 heavy (non-hydrogen) atoms. The van der Waals surface area contributed by atoms with Crippen molar-refractivity contribution in [3.05, 3.63) is 59.4 Å². The van der Waals surface area contributed by atoms with E-state index in [1.54, 1.807) is 11.6 Å². The predicted octanol–water partition coefficient (Wildman–Crippen LogP) is 5.89. The van der Waals surface area contributed by atoms with Crippen LogP contribution in [0.25, 0.3) is 11.4 Å². The number of pyridine rings is 1. The molecule has 4 rings (SSSR count). The summed E-state index contributed by atoms with van der Waals surface area (Å²) < 4.78 is 78.2. The molecule has 1 fully saturated rings. The molecule has 0 amide bonds. The van der Waals surface area contributed by atoms with Crippen LogP contribution in [0.2, 0.25) is 0 Å². The Hall–Kier alpha value is -2.60. The van der Waals surface area contributed by atoms with Crippen molar-refractivity contribution in [1.82, 2.24) is 24.6 Å². The van der Waals surface area contributed by atoms with Crippen LogP contribution in [-0.2, 0) is 19.4 Å². The second-order valence-corrected chi connectivity index (χ2v) is 9.47. The highest BCUT2D eigenvalue weighted by Crippen LogP contribution is 2.32. The highest BCUT2D eigenvalue weighted by molar-refractivity contribution is 7.99. The number of halogens is 6. The molecule has 0 radical (unpaired) electrons. The summed E-state index contributed by atoms with van der Waals surface area (Å²) in [7, 11) is 1.78. The summed E-state index contributed by atoms with van der Waals surface area (Å²) in [6.07, 6.45) is -5.73. The van der Waals surface area contributed by atoms with Crippen molar-refractivity contribution in [2.75, 3.05) is 25.4 Å². The molecule has 1 saturated heterocycles. The molecular weight excluding hydrogens is 492 g/mol. The Kier molecular flexibility index (Phi) is 7.41. The average Bonchev–Trinajstić information content (AvgIpc) is 3.43. The average molecular weight is 516 g/mol. The molecule has 1 aromatic carbocycles. The van der Waals surface area contributed by atoms with Crippen molar-refractivity contribution in [3.63, 3.8) is 0 Å². The van der Waals surface area contributed by atoms with Gasteiger partial charge in [0.1, 0.15) is 5.69 Å². The van der Waals surface area contributed by atoms with E-state index >= 15 is 0 Å². The van der Waals surface area contributed by atoms with Crippen molar-refractivity contribution in [1.29, 1.82) is 0 Å². The maximum Gasteiger partial charge on any atom is 0.433 e. The quantitative estimate of drug-likeness (QED) is 0.223. The summed E-state index contributed by atoms with van der Waals surface area (Å²) in [4.78, 5) is 5.85. The molecule has 3 heterocycles. The molecule has 0 aliphatic carbocycles. The van der Waals surface area contributed by atoms with Gasteiger partial charge in [-0.1, -0.05) is 30.0 Å². The Balaban J connectivity index is 1.24. The highest BCUT2D eigenvalue weighted by Gasteiger charge is 2.33. The number of hydrogen-bond donors (Lipinski definition) is 0. The minimum Gasteiger partial charge on any atom is -0.305 e. The Morgan fingerprint density at radius 2 is 1.71 bits per heavy atom. The van der Waals surface area contributed by atoms with Gasteiger partial charge in [-0.15, -0.1) is 10.2 Å². The number of rotatable bonds is 7. The van der Waals surface area contributed by atoms with Gasteiger partial charge in [0.25, 0.3) is 0 Å². The molecular formula is C23H23F6N5S. The van der Waals surface area contributed by atoms with Crippen molar-refractivity contribution in [2.24, 2.45) is 7.05 Å². The van der Waals surface area contributed by atoms with Gasteiger partial charge in [0.05, 0.1) is 5.56 Å². The van der Waals surface area contributed by atoms with Crippen molar-refractivity contribution in [3.8, 4) is 11.4 Å². The van der Waals surface area contributed by atoms with Crippen LogP contribution in [0.4, 0.5) is 26.3 Å². The van der Waals surface area contributed by atoms with Gasteiger partial charge in [0.2, 0.25) is 0 Å². The number of aromatic nitrogens is 4. The Morgan fingerprint density at radius 1 is 0.971 bits per heavy atom. The second-order valence-electron chi connectivity index (χ2n) is 8.40. The van der Waals surface area contributed by atoms with E-state index in [1.165, 1.54) is 36.2 Å². The molecule has 5 nitrogen and oxygen atoms in total. The Morgan fingerprint density at radius 3 is 2.34 bits per heavy atom. The summed E-state index contributed by atoms with van der Waals surface area (Å²) in [6.45, 7) is 2.50. The SMILES string of the molecule is Cn1c(SCCCN2CCC(c3ccc(C(F)(F)F)nc3)C2)nnc1-c1ccc(C(F)(F)F)cc1. The van der Waals surface area contributed by atoms with Gasteiger partial charge in [-0.2, -0.15) is 26.3 Å². The third-order valence-corrected chi connectivity index (χ3v) is 7.08. The first-order valence-electron chi connectivity index (χ1n) is 11.0. The van der Waals surface area contributed by atoms with Gasteiger partial charge in [-0.25, -0.2) is 0 Å². The van der Waals surface area contributed by atoms with Crippen LogP contribution in [0.5, 0.6) is 0 Å². The van der Waals surface area contributed by atoms with Gasteiger partial charge in [-0.3, -0.25) is 4.98 Å². The van der Waals surface area contributed by atoms with Gasteiger partial charge in [-0.05, 0) is 55.6 Å². The molecule has 1 atom stereocenters. The van der Waals surface area contributed by atoms with E-state index in [0.717, 1.165) is 62.0 Å². The number of alkyl halides is 6. The van der Waals surface area contributed by atoms with E-state index in [2.05, 4.69) is 20.1 Å². The van der Waals surface area contributed by atoms with Crippen molar-refractivity contribution in [2.45, 2.75) is 36.3 Å². The minimum atomic E-state index is -4.43. The monoisotopic (exact) mass is 515 g/mol. The number of hydrogen-bond acceptors (Lipinski definition) is 5. The fourth-order valence-electron chi connectivity index (χ4n) is 4.07. The topological polar surface area (TPSA) is 46.8 Å². The third-order valence-electron chi connectivity index (χ3n) is 5.98. The van der Waals surface area contributed by atoms with Crippen LogP contribution in [-0.4, -0.2) is 50.0 Å². The van der Waals surface area contributed by atoms with E-state index in [9.17, 15) is 26.3 Å². The number of benzene rings is 1. The smallest absolute Gasteiger partial charge is 0.305 e. The lowest BCUT2D eigenvalue weighted by Gasteiger charge is -2.16. The standard InChI is InChI=1S/C23H23F6N5S/c1-33-20(15-3-6-18(7-4-15)22(24,25)26)31-32-21(33)35-12-2-10-34-11-9-17(14-34)16-5-8-19(30-13-16)23(27,28)29/h3-8,13,17H,2,9-12,14H2,1H3. The molecule has 0 N–H and O–H groups in total. The minimum absolute atomic E-state index is 0.169. The third kappa shape index (κ3) is 6.16. The number of nitrogens with zero attached hydrogens (tertiary/aromatic N) is 5. The van der Waals surface area contributed by atoms with Crippen LogP contribution in [0, 0.1) is 0 Å². The van der Waals surface area contributed by atoms with Gasteiger partial charge < -0.3 is 9.47 Å². The Labute approximate surface area is 202 Å². The molecule has 3 aromatic rings. The van der Waals surface area contributed by atoms with Crippen LogP contribution in [0.3, 0.4) is 0 Å². The summed E-state index contributed by atoms with van der Waals surface area (Å²) in [5, 5.41) is 8.96. The molecule has 12 heteroatoms. The summed E-state index contributed by atoms with van der Waals surface area (Å²) in [5.74, 6) is 1.44. The van der Waals surface area contributed by atoms with Crippen LogP contribution in [0.1, 0.15) is 35.6 Å². The maximum absolute atomic E-state index is 12.8. The summed E-state index contributed by atoms with van der Waals surface area (Å²) >= 11 is 1.52. The van der Waals surface area contributed by atoms with Crippen LogP contribution in [0.15, 0.2) is 47.8 Å². The first-order valence-corrected chi connectivity index (χ1v) is 12.0. The molecule has 0 saturated carbocycles. The largest absolute Gasteiger partial charge is 0.433 e. The zero-order valence-electron chi connectivity index (χ0n) is 18.8. The summed E-state index contributed by atoms with van der Waals surface area (Å²) in [6, 6.07) is 7.38. The highest BCUT2D eigenvalue weighted by atomic mass is 32.2. The van der Waals surface area contributed by atoms with E-state index in [4.69, 9.17) is 0 Å². The molecule has 188 valence electrons. The first kappa shape index (κ1) is 25.5. The van der Waals surface area contributed by atoms with Gasteiger partial charge in [0.15, 0.2) is 11.0 Å². The second kappa shape index (κ2) is 10.2. The van der Waals surface area contributed by atoms with E-state index in [0.29, 0.717) is 16.5 Å². The van der Waals surface area contributed by atoms with Crippen LogP contribution >= 0.6 is 11.8 Å². The molecule has 1 aliphatic rings. The summed E-state index contributed by atoms with van der Waals surface area (Å²) in [5.41, 5.74) is -0.208. The Bertz CT molecular complexity index is 1130. The molecule has 2 aromatic heterocycles. The normalized spacial score (nSPS) is 17.3. The molecule has 1 aliphatic heterocycles. The van der Waals surface area contributed by atoms with E-state index < -0.39 is 23.6 Å². The lowest BCUT2D eigenvalue weighted by atomic mass is 10.0. The predicted molar refractivity (Wildman–Crippen MR) is 120 cm³/mol. The van der Waals surface area contributed by atoms with Crippen molar-refractivity contribution >= 4 is 11.8 Å². The van der Waals surface area contributed by atoms with Crippen LogP contribution < -0.4 is 0 Å². The number of likely N-dealkylation sites (tertiary alicyclic amines) is 1. The van der Waals surface area contributed by atoms with Gasteiger partial charge in [0, 0.05) is 31.1 Å². The molecule has 0 spiro atoms. The number of thioether (sulfide) groups is 1. The van der Waals surface area contributed by atoms with E-state index in [1.807, 2.05) is 0 Å². The fourth-order valence-corrected chi connectivity index (χ4v) is 4.91. The lowest BCUT2D eigenvalue weighted by molar-refractivity contribution is -0.141. The first-order chi connectivity index (χ1) is 16.5. The molecule has 0 bridgehead atoms. The van der Waals surface area contributed by atoms with Gasteiger partial charge >= 0.3 is 12.4 Å². The molecule has 1 unspecified atom stereocenters.